The Labute approximate surface area is 109 Å². The Balaban J connectivity index is 2.50. The van der Waals surface area contributed by atoms with Crippen LogP contribution in [0.4, 0.5) is 0 Å². The van der Waals surface area contributed by atoms with E-state index in [1.807, 2.05) is 0 Å². The van der Waals surface area contributed by atoms with Crippen LogP contribution in [0.15, 0.2) is 18.2 Å². The molecular weight excluding hydrogens is 226 g/mol. The fourth-order valence-electron chi connectivity index (χ4n) is 2.29. The van der Waals surface area contributed by atoms with Crippen molar-refractivity contribution in [2.75, 3.05) is 20.8 Å². The standard InChI is InChI=1S/C15H21NO2/c1-10(2)7-13-12-9-15(18-4)14(17-3)8-11(12)5-6-16-13/h7-10,16H,5-6H2,1-4H3. The van der Waals surface area contributed by atoms with E-state index < -0.39 is 0 Å². The minimum Gasteiger partial charge on any atom is -0.493 e. The van der Waals surface area contributed by atoms with Crippen LogP contribution >= 0.6 is 0 Å². The van der Waals surface area contributed by atoms with Crippen molar-refractivity contribution in [1.29, 1.82) is 0 Å². The highest BCUT2D eigenvalue weighted by Gasteiger charge is 2.17. The summed E-state index contributed by atoms with van der Waals surface area (Å²) in [6.07, 6.45) is 3.27. The van der Waals surface area contributed by atoms with Gasteiger partial charge < -0.3 is 14.8 Å². The number of fused-ring (bicyclic) bond motifs is 1. The molecule has 1 N–H and O–H groups in total. The summed E-state index contributed by atoms with van der Waals surface area (Å²) in [7, 11) is 3.35. The van der Waals surface area contributed by atoms with Crippen LogP contribution in [0.5, 0.6) is 11.5 Å². The molecule has 98 valence electrons. The van der Waals surface area contributed by atoms with E-state index in [4.69, 9.17) is 9.47 Å². The van der Waals surface area contributed by atoms with Crippen LogP contribution in [0.1, 0.15) is 25.0 Å². The topological polar surface area (TPSA) is 30.5 Å². The van der Waals surface area contributed by atoms with Gasteiger partial charge in [-0.3, -0.25) is 0 Å². The third kappa shape index (κ3) is 2.45. The molecule has 0 unspecified atom stereocenters. The van der Waals surface area contributed by atoms with Crippen LogP contribution in [0.25, 0.3) is 5.70 Å². The fourth-order valence-corrected chi connectivity index (χ4v) is 2.29. The molecule has 0 radical (unpaired) electrons. The molecule has 0 atom stereocenters. The second-order valence-corrected chi connectivity index (χ2v) is 4.87. The smallest absolute Gasteiger partial charge is 0.161 e. The van der Waals surface area contributed by atoms with Crippen LogP contribution in [-0.2, 0) is 6.42 Å². The van der Waals surface area contributed by atoms with E-state index in [0.717, 1.165) is 24.5 Å². The van der Waals surface area contributed by atoms with E-state index in [0.29, 0.717) is 5.92 Å². The summed E-state index contributed by atoms with van der Waals surface area (Å²) < 4.78 is 10.7. The number of ether oxygens (including phenoxy) is 2. The van der Waals surface area contributed by atoms with Crippen molar-refractivity contribution >= 4 is 5.70 Å². The summed E-state index contributed by atoms with van der Waals surface area (Å²) >= 11 is 0. The zero-order chi connectivity index (χ0) is 13.1. The highest BCUT2D eigenvalue weighted by molar-refractivity contribution is 5.71. The maximum Gasteiger partial charge on any atom is 0.161 e. The van der Waals surface area contributed by atoms with Gasteiger partial charge in [0.05, 0.1) is 14.2 Å². The first-order valence-electron chi connectivity index (χ1n) is 6.36. The highest BCUT2D eigenvalue weighted by Crippen LogP contribution is 2.35. The lowest BCUT2D eigenvalue weighted by molar-refractivity contribution is 0.354. The zero-order valence-corrected chi connectivity index (χ0v) is 11.5. The van der Waals surface area contributed by atoms with Gasteiger partial charge in [0.15, 0.2) is 11.5 Å². The monoisotopic (exact) mass is 247 g/mol. The average molecular weight is 247 g/mol. The Morgan fingerprint density at radius 2 is 1.83 bits per heavy atom. The maximum absolute atomic E-state index is 5.38. The third-order valence-corrected chi connectivity index (χ3v) is 3.11. The van der Waals surface area contributed by atoms with Crippen molar-refractivity contribution in [3.8, 4) is 11.5 Å². The predicted molar refractivity (Wildman–Crippen MR) is 74.1 cm³/mol. The van der Waals surface area contributed by atoms with E-state index in [9.17, 15) is 0 Å². The SMILES string of the molecule is COc1cc2c(cc1OC)C(=CC(C)C)NCC2. The fraction of sp³-hybridized carbons (Fsp3) is 0.467. The second kappa shape index (κ2) is 5.34. The van der Waals surface area contributed by atoms with Crippen LogP contribution in [0.2, 0.25) is 0 Å². The quantitative estimate of drug-likeness (QED) is 0.891. The van der Waals surface area contributed by atoms with Crippen molar-refractivity contribution in [3.05, 3.63) is 29.3 Å². The lowest BCUT2D eigenvalue weighted by Gasteiger charge is -2.23. The van der Waals surface area contributed by atoms with Crippen molar-refractivity contribution in [3.63, 3.8) is 0 Å². The molecule has 0 amide bonds. The zero-order valence-electron chi connectivity index (χ0n) is 11.5. The van der Waals surface area contributed by atoms with E-state index in [-0.39, 0.29) is 0 Å². The van der Waals surface area contributed by atoms with E-state index in [1.165, 1.54) is 16.8 Å². The Kier molecular flexibility index (Phi) is 3.80. The molecule has 0 saturated heterocycles. The molecule has 0 fully saturated rings. The van der Waals surface area contributed by atoms with Gasteiger partial charge in [0.25, 0.3) is 0 Å². The Morgan fingerprint density at radius 1 is 1.17 bits per heavy atom. The van der Waals surface area contributed by atoms with Gasteiger partial charge in [-0.05, 0) is 30.0 Å². The van der Waals surface area contributed by atoms with Crippen LogP contribution < -0.4 is 14.8 Å². The first-order valence-corrected chi connectivity index (χ1v) is 6.36. The average Bonchev–Trinajstić information content (AvgIpc) is 2.37. The van der Waals surface area contributed by atoms with Crippen molar-refractivity contribution in [2.24, 2.45) is 5.92 Å². The molecule has 1 aromatic rings. The molecule has 3 nitrogen and oxygen atoms in total. The lowest BCUT2D eigenvalue weighted by atomic mass is 9.95. The van der Waals surface area contributed by atoms with Crippen molar-refractivity contribution < 1.29 is 9.47 Å². The van der Waals surface area contributed by atoms with Gasteiger partial charge >= 0.3 is 0 Å². The predicted octanol–water partition coefficient (Wildman–Crippen LogP) is 2.85. The molecule has 0 bridgehead atoms. The Morgan fingerprint density at radius 3 is 2.44 bits per heavy atom. The minimum atomic E-state index is 0.520. The van der Waals surface area contributed by atoms with Crippen LogP contribution in [0, 0.1) is 5.92 Å². The normalized spacial score (nSPS) is 16.4. The van der Waals surface area contributed by atoms with Gasteiger partial charge in [-0.25, -0.2) is 0 Å². The van der Waals surface area contributed by atoms with Gasteiger partial charge in [0.1, 0.15) is 0 Å². The molecule has 3 heteroatoms. The highest BCUT2D eigenvalue weighted by atomic mass is 16.5. The molecule has 0 aliphatic carbocycles. The molecule has 1 aliphatic heterocycles. The van der Waals surface area contributed by atoms with E-state index in [1.54, 1.807) is 14.2 Å². The summed E-state index contributed by atoms with van der Waals surface area (Å²) in [6.45, 7) is 5.34. The summed E-state index contributed by atoms with van der Waals surface area (Å²) in [5.41, 5.74) is 3.75. The Hall–Kier alpha value is -1.64. The lowest BCUT2D eigenvalue weighted by Crippen LogP contribution is -2.23. The van der Waals surface area contributed by atoms with Crippen LogP contribution in [0.3, 0.4) is 0 Å². The number of methoxy groups -OCH3 is 2. The minimum absolute atomic E-state index is 0.520. The van der Waals surface area contributed by atoms with Crippen LogP contribution in [-0.4, -0.2) is 20.8 Å². The number of rotatable bonds is 3. The maximum atomic E-state index is 5.38. The molecule has 1 aromatic carbocycles. The number of hydrogen-bond donors (Lipinski definition) is 1. The molecule has 18 heavy (non-hydrogen) atoms. The molecule has 2 rings (SSSR count). The largest absolute Gasteiger partial charge is 0.493 e. The molecule has 0 aromatic heterocycles. The second-order valence-electron chi connectivity index (χ2n) is 4.87. The molecule has 1 heterocycles. The number of allylic oxidation sites excluding steroid dienone is 1. The van der Waals surface area contributed by atoms with Gasteiger partial charge in [-0.2, -0.15) is 0 Å². The molecular formula is C15H21NO2. The van der Waals surface area contributed by atoms with Crippen molar-refractivity contribution in [2.45, 2.75) is 20.3 Å². The molecule has 0 spiro atoms. The number of nitrogens with one attached hydrogen (secondary N) is 1. The summed E-state index contributed by atoms with van der Waals surface area (Å²) in [6, 6.07) is 4.15. The van der Waals surface area contributed by atoms with Gasteiger partial charge in [-0.1, -0.05) is 19.9 Å². The first-order chi connectivity index (χ1) is 8.65. The van der Waals surface area contributed by atoms with E-state index >= 15 is 0 Å². The number of hydrogen-bond acceptors (Lipinski definition) is 3. The molecule has 1 aliphatic rings. The summed E-state index contributed by atoms with van der Waals surface area (Å²) in [5.74, 6) is 2.11. The van der Waals surface area contributed by atoms with Gasteiger partial charge in [0.2, 0.25) is 0 Å². The first kappa shape index (κ1) is 12.8. The van der Waals surface area contributed by atoms with Gasteiger partial charge in [-0.15, -0.1) is 0 Å². The molecule has 0 saturated carbocycles. The van der Waals surface area contributed by atoms with Gasteiger partial charge in [0, 0.05) is 17.8 Å². The number of benzene rings is 1. The third-order valence-electron chi connectivity index (χ3n) is 3.11. The van der Waals surface area contributed by atoms with Crippen molar-refractivity contribution in [1.82, 2.24) is 5.32 Å². The Bertz CT molecular complexity index is 464. The van der Waals surface area contributed by atoms with E-state index in [2.05, 4.69) is 37.4 Å². The summed E-state index contributed by atoms with van der Waals surface area (Å²) in [5, 5.41) is 3.46. The summed E-state index contributed by atoms with van der Waals surface area (Å²) in [4.78, 5) is 0.